The summed E-state index contributed by atoms with van der Waals surface area (Å²) < 4.78 is 16.0. The summed E-state index contributed by atoms with van der Waals surface area (Å²) in [5.41, 5.74) is 3.01. The molecule has 2 aromatic rings. The number of benzene rings is 2. The van der Waals surface area contributed by atoms with E-state index < -0.39 is 6.10 Å². The quantitative estimate of drug-likeness (QED) is 0.484. The van der Waals surface area contributed by atoms with Gasteiger partial charge in [-0.2, -0.15) is 0 Å². The molecular formula is C23H33N3O4. The molecule has 2 N–H and O–H groups in total. The third-order valence-electron chi connectivity index (χ3n) is 4.86. The Morgan fingerprint density at radius 3 is 2.27 bits per heavy atom. The maximum absolute atomic E-state index is 10.5. The van der Waals surface area contributed by atoms with Crippen molar-refractivity contribution in [2.75, 3.05) is 41.5 Å². The average molecular weight is 416 g/mol. The van der Waals surface area contributed by atoms with E-state index in [1.54, 1.807) is 21.3 Å². The molecule has 0 fully saturated rings. The van der Waals surface area contributed by atoms with E-state index in [0.29, 0.717) is 18.0 Å². The molecule has 30 heavy (non-hydrogen) atoms. The Morgan fingerprint density at radius 1 is 1.07 bits per heavy atom. The number of aryl methyl sites for hydroxylation is 1. The fourth-order valence-corrected chi connectivity index (χ4v) is 3.10. The van der Waals surface area contributed by atoms with E-state index in [1.165, 1.54) is 0 Å². The molecule has 2 aromatic carbocycles. The van der Waals surface area contributed by atoms with Gasteiger partial charge in [0.15, 0.2) is 17.5 Å². The van der Waals surface area contributed by atoms with Crippen LogP contribution in [0.3, 0.4) is 0 Å². The molecular weight excluding hydrogens is 382 g/mol. The molecule has 0 saturated heterocycles. The lowest BCUT2D eigenvalue weighted by Crippen LogP contribution is -2.39. The molecule has 0 heterocycles. The first-order valence-electron chi connectivity index (χ1n) is 9.96. The van der Waals surface area contributed by atoms with Gasteiger partial charge >= 0.3 is 0 Å². The summed E-state index contributed by atoms with van der Waals surface area (Å²) in [7, 11) is 6.85. The molecule has 1 unspecified atom stereocenters. The molecule has 0 aromatic heterocycles. The van der Waals surface area contributed by atoms with Gasteiger partial charge in [-0.1, -0.05) is 12.1 Å². The summed E-state index contributed by atoms with van der Waals surface area (Å²) >= 11 is 0. The number of rotatable bonds is 9. The Balaban J connectivity index is 2.14. The Morgan fingerprint density at radius 2 is 1.70 bits per heavy atom. The molecule has 0 radical (unpaired) electrons. The number of hydrogen-bond donors (Lipinski definition) is 2. The van der Waals surface area contributed by atoms with Crippen LogP contribution < -0.4 is 19.5 Å². The number of ether oxygens (including phenoxy) is 3. The van der Waals surface area contributed by atoms with Crippen molar-refractivity contribution < 1.29 is 19.3 Å². The van der Waals surface area contributed by atoms with Crippen LogP contribution >= 0.6 is 0 Å². The zero-order chi connectivity index (χ0) is 22.1. The molecule has 1 atom stereocenters. The first kappa shape index (κ1) is 23.3. The van der Waals surface area contributed by atoms with Gasteiger partial charge in [0.2, 0.25) is 0 Å². The van der Waals surface area contributed by atoms with E-state index in [4.69, 9.17) is 14.2 Å². The van der Waals surface area contributed by atoms with Crippen molar-refractivity contribution in [2.45, 2.75) is 26.5 Å². The lowest BCUT2D eigenvalue weighted by atomic mass is 10.1. The lowest BCUT2D eigenvalue weighted by Gasteiger charge is -2.24. The summed E-state index contributed by atoms with van der Waals surface area (Å²) in [6.45, 7) is 5.68. The van der Waals surface area contributed by atoms with Gasteiger partial charge in [0, 0.05) is 20.1 Å². The number of aliphatic imine (C=N–C) groups is 1. The number of guanidine groups is 1. The van der Waals surface area contributed by atoms with Crippen molar-refractivity contribution >= 4 is 5.96 Å². The summed E-state index contributed by atoms with van der Waals surface area (Å²) in [6.07, 6.45) is -0.694. The molecule has 0 aliphatic rings. The minimum Gasteiger partial charge on any atom is -0.497 e. The predicted molar refractivity (Wildman–Crippen MR) is 120 cm³/mol. The second-order valence-electron chi connectivity index (χ2n) is 6.97. The van der Waals surface area contributed by atoms with Crippen molar-refractivity contribution in [1.82, 2.24) is 10.2 Å². The molecule has 0 aliphatic heterocycles. The van der Waals surface area contributed by atoms with E-state index >= 15 is 0 Å². The molecule has 0 aliphatic carbocycles. The normalized spacial score (nSPS) is 12.3. The van der Waals surface area contributed by atoms with Crippen LogP contribution in [0, 0.1) is 6.92 Å². The Hall–Kier alpha value is -2.93. The first-order chi connectivity index (χ1) is 14.4. The van der Waals surface area contributed by atoms with Crippen LogP contribution in [0.5, 0.6) is 17.2 Å². The number of methoxy groups -OCH3 is 3. The van der Waals surface area contributed by atoms with E-state index in [2.05, 4.69) is 10.3 Å². The zero-order valence-electron chi connectivity index (χ0n) is 18.7. The van der Waals surface area contributed by atoms with Crippen LogP contribution in [0.25, 0.3) is 0 Å². The fourth-order valence-electron chi connectivity index (χ4n) is 3.10. The van der Waals surface area contributed by atoms with Gasteiger partial charge in [-0.15, -0.1) is 0 Å². The first-order valence-corrected chi connectivity index (χ1v) is 9.96. The van der Waals surface area contributed by atoms with Crippen molar-refractivity contribution in [3.63, 3.8) is 0 Å². The van der Waals surface area contributed by atoms with Gasteiger partial charge in [-0.25, -0.2) is 0 Å². The highest BCUT2D eigenvalue weighted by Gasteiger charge is 2.14. The number of hydrogen-bond acceptors (Lipinski definition) is 5. The SMILES string of the molecule is CCNC(=NCC(O)c1ccc(OC)cc1)N(C)Cc1cc(OC)c(OC)cc1C. The fraction of sp³-hybridized carbons (Fsp3) is 0.435. The highest BCUT2D eigenvalue weighted by Crippen LogP contribution is 2.30. The standard InChI is InChI=1S/C23H33N3O4/c1-7-24-23(25-14-20(27)17-8-10-19(28-4)11-9-17)26(3)15-18-13-22(30-6)21(29-5)12-16(18)2/h8-13,20,27H,7,14-15H2,1-6H3,(H,24,25). The monoisotopic (exact) mass is 415 g/mol. The summed E-state index contributed by atoms with van der Waals surface area (Å²) in [4.78, 5) is 6.65. The zero-order valence-corrected chi connectivity index (χ0v) is 18.7. The highest BCUT2D eigenvalue weighted by molar-refractivity contribution is 5.79. The molecule has 0 saturated carbocycles. The highest BCUT2D eigenvalue weighted by atomic mass is 16.5. The Bertz CT molecular complexity index is 837. The van der Waals surface area contributed by atoms with Gasteiger partial charge in [-0.3, -0.25) is 4.99 Å². The maximum atomic E-state index is 10.5. The van der Waals surface area contributed by atoms with Crippen molar-refractivity contribution in [3.05, 3.63) is 53.1 Å². The van der Waals surface area contributed by atoms with Gasteiger partial charge in [0.1, 0.15) is 5.75 Å². The van der Waals surface area contributed by atoms with Gasteiger partial charge in [-0.05, 0) is 54.8 Å². The van der Waals surface area contributed by atoms with Gasteiger partial charge < -0.3 is 29.5 Å². The number of aliphatic hydroxyl groups excluding tert-OH is 1. The van der Waals surface area contributed by atoms with E-state index in [0.717, 1.165) is 34.9 Å². The predicted octanol–water partition coefficient (Wildman–Crippen LogP) is 3.15. The third kappa shape index (κ3) is 6.03. The number of aliphatic hydroxyl groups is 1. The van der Waals surface area contributed by atoms with Crippen LogP contribution in [-0.4, -0.2) is 57.4 Å². The summed E-state index contributed by atoms with van der Waals surface area (Å²) in [6, 6.07) is 11.3. The third-order valence-corrected chi connectivity index (χ3v) is 4.86. The van der Waals surface area contributed by atoms with Gasteiger partial charge in [0.05, 0.1) is 34.0 Å². The number of nitrogens with zero attached hydrogens (tertiary/aromatic N) is 2. The largest absolute Gasteiger partial charge is 0.497 e. The minimum atomic E-state index is -0.694. The Labute approximate surface area is 179 Å². The number of nitrogens with one attached hydrogen (secondary N) is 1. The topological polar surface area (TPSA) is 75.6 Å². The molecule has 0 bridgehead atoms. The maximum Gasteiger partial charge on any atom is 0.194 e. The Kier molecular flexibility index (Phi) is 8.80. The lowest BCUT2D eigenvalue weighted by molar-refractivity contribution is 0.186. The van der Waals surface area contributed by atoms with Crippen molar-refractivity contribution in [2.24, 2.45) is 4.99 Å². The minimum absolute atomic E-state index is 0.254. The van der Waals surface area contributed by atoms with Crippen LogP contribution in [0.15, 0.2) is 41.4 Å². The van der Waals surface area contributed by atoms with Crippen LogP contribution in [0.2, 0.25) is 0 Å². The van der Waals surface area contributed by atoms with E-state index in [-0.39, 0.29) is 6.54 Å². The van der Waals surface area contributed by atoms with E-state index in [9.17, 15) is 5.11 Å². The van der Waals surface area contributed by atoms with E-state index in [1.807, 2.05) is 62.2 Å². The van der Waals surface area contributed by atoms with Crippen LogP contribution in [-0.2, 0) is 6.54 Å². The van der Waals surface area contributed by atoms with Gasteiger partial charge in [0.25, 0.3) is 0 Å². The molecule has 0 spiro atoms. The smallest absolute Gasteiger partial charge is 0.194 e. The average Bonchev–Trinajstić information content (AvgIpc) is 2.77. The summed E-state index contributed by atoms with van der Waals surface area (Å²) in [5, 5.41) is 13.8. The second kappa shape index (κ2) is 11.3. The second-order valence-corrected chi connectivity index (χ2v) is 6.97. The molecule has 2 rings (SSSR count). The van der Waals surface area contributed by atoms with Crippen molar-refractivity contribution in [3.8, 4) is 17.2 Å². The summed E-state index contributed by atoms with van der Waals surface area (Å²) in [5.74, 6) is 2.89. The van der Waals surface area contributed by atoms with Crippen LogP contribution in [0.1, 0.15) is 29.7 Å². The van der Waals surface area contributed by atoms with Crippen molar-refractivity contribution in [1.29, 1.82) is 0 Å². The molecule has 7 nitrogen and oxygen atoms in total. The molecule has 7 heteroatoms. The molecule has 164 valence electrons. The van der Waals surface area contributed by atoms with Crippen LogP contribution in [0.4, 0.5) is 0 Å². The molecule has 0 amide bonds.